The van der Waals surface area contributed by atoms with Gasteiger partial charge in [-0.2, -0.15) is 9.13 Å². The molecule has 0 saturated heterocycles. The molecule has 0 amide bonds. The maximum absolute atomic E-state index is 13.6. The Balaban J connectivity index is 1.26. The number of fused-ring (bicyclic) bond motifs is 1. The highest BCUT2D eigenvalue weighted by Crippen LogP contribution is 2.35. The average Bonchev–Trinajstić information content (AvgIpc) is 2.96. The Morgan fingerprint density at radius 2 is 1.80 bits per heavy atom. The number of rotatable bonds is 10. The van der Waals surface area contributed by atoms with Crippen LogP contribution < -0.4 is 29.2 Å². The minimum atomic E-state index is -0.486. The molecule has 0 fully saturated rings. The van der Waals surface area contributed by atoms with Gasteiger partial charge in [-0.3, -0.25) is 0 Å². The fourth-order valence-electron chi connectivity index (χ4n) is 4.45. The van der Waals surface area contributed by atoms with Crippen molar-refractivity contribution in [3.63, 3.8) is 0 Å². The first kappa shape index (κ1) is 27.2. The summed E-state index contributed by atoms with van der Waals surface area (Å²) >= 11 is 5.94. The molecule has 0 aliphatic rings. The quantitative estimate of drug-likeness (QED) is 0.191. The van der Waals surface area contributed by atoms with Gasteiger partial charge >= 0.3 is 0 Å². The summed E-state index contributed by atoms with van der Waals surface area (Å²) in [7, 11) is 5.71. The van der Waals surface area contributed by atoms with Crippen molar-refractivity contribution in [2.75, 3.05) is 25.6 Å². The lowest BCUT2D eigenvalue weighted by Crippen LogP contribution is -2.42. The standard InChI is InChI=1S/C30H30ClFN6O2/c1-37-13-5-4-8-26(37)27-9-6-7-21(38(27)2)18-33-12-14-40-29-16-22-25(17-28(29)39-3)34-19-35-30(22)36-20-10-11-24(32)23(31)15-20/h4-11,13,15-17,19,33H,12,14,18H2,1-3H3,(H,34,35,36)/q+2. The second-order valence-electron chi connectivity index (χ2n) is 9.18. The first-order chi connectivity index (χ1) is 19.4. The van der Waals surface area contributed by atoms with Gasteiger partial charge in [-0.25, -0.2) is 14.4 Å². The molecule has 2 N–H and O–H groups in total. The van der Waals surface area contributed by atoms with E-state index in [1.54, 1.807) is 19.2 Å². The van der Waals surface area contributed by atoms with Gasteiger partial charge in [-0.15, -0.1) is 0 Å². The van der Waals surface area contributed by atoms with Crippen LogP contribution in [0.1, 0.15) is 5.69 Å². The van der Waals surface area contributed by atoms with Crippen LogP contribution in [0.3, 0.4) is 0 Å². The second-order valence-corrected chi connectivity index (χ2v) is 9.59. The summed E-state index contributed by atoms with van der Waals surface area (Å²) in [6.07, 6.45) is 3.49. The van der Waals surface area contributed by atoms with E-state index < -0.39 is 5.82 Å². The van der Waals surface area contributed by atoms with E-state index in [1.807, 2.05) is 31.4 Å². The zero-order valence-electron chi connectivity index (χ0n) is 22.5. The van der Waals surface area contributed by atoms with E-state index in [1.165, 1.54) is 18.5 Å². The highest BCUT2D eigenvalue weighted by Gasteiger charge is 2.21. The summed E-state index contributed by atoms with van der Waals surface area (Å²) in [5.41, 5.74) is 4.70. The molecule has 8 nitrogen and oxygen atoms in total. The smallest absolute Gasteiger partial charge is 0.277 e. The molecule has 40 heavy (non-hydrogen) atoms. The van der Waals surface area contributed by atoms with Gasteiger partial charge in [-0.1, -0.05) is 11.6 Å². The largest absolute Gasteiger partial charge is 0.493 e. The summed E-state index contributed by atoms with van der Waals surface area (Å²) in [4.78, 5) is 8.73. The molecule has 3 aromatic heterocycles. The maximum Gasteiger partial charge on any atom is 0.277 e. The monoisotopic (exact) mass is 560 g/mol. The molecule has 0 spiro atoms. The molecular formula is C30H30ClFN6O2+2. The van der Waals surface area contributed by atoms with E-state index in [-0.39, 0.29) is 5.02 Å². The number of aromatic nitrogens is 4. The minimum absolute atomic E-state index is 0.0240. The van der Waals surface area contributed by atoms with Crippen molar-refractivity contribution in [1.82, 2.24) is 15.3 Å². The topological polar surface area (TPSA) is 76.1 Å². The lowest BCUT2D eigenvalue weighted by Gasteiger charge is -2.14. The lowest BCUT2D eigenvalue weighted by molar-refractivity contribution is -0.694. The zero-order valence-corrected chi connectivity index (χ0v) is 23.2. The zero-order chi connectivity index (χ0) is 28.1. The van der Waals surface area contributed by atoms with Crippen molar-refractivity contribution in [2.45, 2.75) is 6.54 Å². The lowest BCUT2D eigenvalue weighted by atomic mass is 10.2. The van der Waals surface area contributed by atoms with Gasteiger partial charge in [-0.05, 0) is 36.4 Å². The number of nitrogens with one attached hydrogen (secondary N) is 2. The van der Waals surface area contributed by atoms with Gasteiger partial charge < -0.3 is 20.1 Å². The molecular weight excluding hydrogens is 531 g/mol. The van der Waals surface area contributed by atoms with Crippen LogP contribution >= 0.6 is 11.6 Å². The number of ether oxygens (including phenoxy) is 2. The Morgan fingerprint density at radius 3 is 2.60 bits per heavy atom. The molecule has 2 aromatic carbocycles. The summed E-state index contributed by atoms with van der Waals surface area (Å²) < 4.78 is 29.6. The number of benzene rings is 2. The van der Waals surface area contributed by atoms with Gasteiger partial charge in [0, 0.05) is 48.0 Å². The first-order valence-electron chi connectivity index (χ1n) is 12.8. The van der Waals surface area contributed by atoms with Crippen molar-refractivity contribution in [3.8, 4) is 22.9 Å². The molecule has 0 saturated carbocycles. The van der Waals surface area contributed by atoms with Gasteiger partial charge in [0.2, 0.25) is 0 Å². The molecule has 0 atom stereocenters. The molecule has 3 heterocycles. The van der Waals surface area contributed by atoms with E-state index in [4.69, 9.17) is 21.1 Å². The number of aryl methyl sites for hydroxylation is 1. The van der Waals surface area contributed by atoms with Gasteiger partial charge in [0.1, 0.15) is 38.7 Å². The number of halogens is 2. The van der Waals surface area contributed by atoms with Crippen molar-refractivity contribution in [2.24, 2.45) is 14.1 Å². The third-order valence-corrected chi connectivity index (χ3v) is 6.89. The van der Waals surface area contributed by atoms with Gasteiger partial charge in [0.05, 0.1) is 24.2 Å². The molecule has 5 rings (SSSR count). The minimum Gasteiger partial charge on any atom is -0.493 e. The predicted octanol–water partition coefficient (Wildman–Crippen LogP) is 4.66. The Hall–Kier alpha value is -4.34. The highest BCUT2D eigenvalue weighted by molar-refractivity contribution is 6.31. The molecule has 0 radical (unpaired) electrons. The highest BCUT2D eigenvalue weighted by atomic mass is 35.5. The Bertz CT molecular complexity index is 1670. The summed E-state index contributed by atoms with van der Waals surface area (Å²) in [6, 6.07) is 20.5. The van der Waals surface area contributed by atoms with E-state index in [9.17, 15) is 4.39 Å². The van der Waals surface area contributed by atoms with Crippen LogP contribution in [0.25, 0.3) is 22.3 Å². The molecule has 5 aromatic rings. The number of pyridine rings is 2. The molecule has 0 aliphatic carbocycles. The van der Waals surface area contributed by atoms with Gasteiger partial charge in [0.15, 0.2) is 23.4 Å². The van der Waals surface area contributed by atoms with E-state index in [0.717, 1.165) is 22.5 Å². The Kier molecular flexibility index (Phi) is 8.33. The molecule has 204 valence electrons. The van der Waals surface area contributed by atoms with E-state index in [2.05, 4.69) is 61.0 Å². The second kappa shape index (κ2) is 12.2. The van der Waals surface area contributed by atoms with Crippen molar-refractivity contribution in [3.05, 3.63) is 95.8 Å². The van der Waals surface area contributed by atoms with Gasteiger partial charge in [0.25, 0.3) is 11.4 Å². The number of hydrogen-bond donors (Lipinski definition) is 2. The number of methoxy groups -OCH3 is 1. The first-order valence-corrected chi connectivity index (χ1v) is 13.1. The summed E-state index contributed by atoms with van der Waals surface area (Å²) in [5, 5.41) is 7.40. The Labute approximate surface area is 237 Å². The average molecular weight is 561 g/mol. The third kappa shape index (κ3) is 5.95. The van der Waals surface area contributed by atoms with Crippen LogP contribution in [0.4, 0.5) is 15.9 Å². The molecule has 0 bridgehead atoms. The molecule has 10 heteroatoms. The van der Waals surface area contributed by atoms with Crippen LogP contribution in [-0.2, 0) is 20.6 Å². The van der Waals surface area contributed by atoms with Crippen molar-refractivity contribution in [1.29, 1.82) is 0 Å². The van der Waals surface area contributed by atoms with E-state index >= 15 is 0 Å². The Morgan fingerprint density at radius 1 is 0.950 bits per heavy atom. The molecule has 0 unspecified atom stereocenters. The predicted molar refractivity (Wildman–Crippen MR) is 152 cm³/mol. The van der Waals surface area contributed by atoms with E-state index in [0.29, 0.717) is 48.2 Å². The van der Waals surface area contributed by atoms with Crippen molar-refractivity contribution >= 4 is 34.0 Å². The van der Waals surface area contributed by atoms with Crippen LogP contribution in [0.2, 0.25) is 5.02 Å². The maximum atomic E-state index is 13.6. The third-order valence-electron chi connectivity index (χ3n) is 6.60. The SMILES string of the molecule is COc1cc2ncnc(Nc3ccc(F)c(Cl)c3)c2cc1OCCNCc1cccc(-c2cccc[n+]2C)[n+]1C. The molecule has 0 aliphatic heterocycles. The van der Waals surface area contributed by atoms with Crippen LogP contribution in [-0.4, -0.2) is 30.2 Å². The fourth-order valence-corrected chi connectivity index (χ4v) is 4.63. The fraction of sp³-hybridized carbons (Fsp3) is 0.200. The summed E-state index contributed by atoms with van der Waals surface area (Å²) in [6.45, 7) is 1.72. The van der Waals surface area contributed by atoms with Crippen LogP contribution in [0.5, 0.6) is 11.5 Å². The van der Waals surface area contributed by atoms with Crippen LogP contribution in [0, 0.1) is 5.82 Å². The number of anilines is 2. The summed E-state index contributed by atoms with van der Waals surface area (Å²) in [5.74, 6) is 1.19. The van der Waals surface area contributed by atoms with Crippen LogP contribution in [0.15, 0.2) is 79.3 Å². The van der Waals surface area contributed by atoms with Crippen molar-refractivity contribution < 1.29 is 23.0 Å². The normalized spacial score (nSPS) is 11.0. The number of nitrogens with zero attached hydrogens (tertiary/aromatic N) is 4. The number of hydrogen-bond acceptors (Lipinski definition) is 6.